The van der Waals surface area contributed by atoms with Crippen LogP contribution in [-0.4, -0.2) is 55.7 Å². The molecule has 0 saturated carbocycles. The standard InChI is InChI=1S/C19H24N5O4P/c1-28-16-3-2-15-17(18(16)24-10-7-20-13-24)21-12-22-19(15)23-8-4-14(5-9-23)6-11-29(25,26)27/h2-3,7,10,12-14H,4-6,8-9,11H2,1H3,(H2,25,26,27). The van der Waals surface area contributed by atoms with Crippen LogP contribution in [0.25, 0.3) is 16.6 Å². The number of rotatable bonds is 6. The number of hydrogen-bond acceptors (Lipinski definition) is 6. The third-order valence-electron chi connectivity index (χ3n) is 5.45. The number of imidazole rings is 1. The van der Waals surface area contributed by atoms with Gasteiger partial charge in [-0.1, -0.05) is 0 Å². The Hall–Kier alpha value is -2.48. The summed E-state index contributed by atoms with van der Waals surface area (Å²) in [5.74, 6) is 1.90. The fourth-order valence-electron chi connectivity index (χ4n) is 3.92. The molecule has 4 rings (SSSR count). The molecule has 3 aromatic rings. The highest BCUT2D eigenvalue weighted by Gasteiger charge is 2.25. The molecule has 154 valence electrons. The van der Waals surface area contributed by atoms with Gasteiger partial charge in [0.05, 0.1) is 19.6 Å². The van der Waals surface area contributed by atoms with Gasteiger partial charge in [-0.3, -0.25) is 4.57 Å². The molecule has 3 heterocycles. The fourth-order valence-corrected chi connectivity index (χ4v) is 4.63. The molecule has 0 spiro atoms. The zero-order chi connectivity index (χ0) is 20.4. The number of hydrogen-bond donors (Lipinski definition) is 2. The van der Waals surface area contributed by atoms with Gasteiger partial charge in [-0.25, -0.2) is 15.0 Å². The lowest BCUT2D eigenvalue weighted by Gasteiger charge is -2.33. The molecule has 1 aliphatic rings. The van der Waals surface area contributed by atoms with E-state index in [4.69, 9.17) is 14.5 Å². The fraction of sp³-hybridized carbons (Fsp3) is 0.421. The lowest BCUT2D eigenvalue weighted by molar-refractivity contribution is 0.350. The number of anilines is 1. The summed E-state index contributed by atoms with van der Waals surface area (Å²) in [6, 6.07) is 3.89. The van der Waals surface area contributed by atoms with E-state index in [-0.39, 0.29) is 6.16 Å². The van der Waals surface area contributed by atoms with Gasteiger partial charge in [-0.2, -0.15) is 0 Å². The molecule has 0 bridgehead atoms. The Kier molecular flexibility index (Phi) is 5.54. The first kappa shape index (κ1) is 19.8. The van der Waals surface area contributed by atoms with Crippen molar-refractivity contribution in [2.75, 3.05) is 31.3 Å². The van der Waals surface area contributed by atoms with E-state index in [1.807, 2.05) is 22.9 Å². The zero-order valence-electron chi connectivity index (χ0n) is 16.2. The molecule has 0 aliphatic carbocycles. The second kappa shape index (κ2) is 8.10. The van der Waals surface area contributed by atoms with E-state index in [0.29, 0.717) is 18.1 Å². The zero-order valence-corrected chi connectivity index (χ0v) is 17.1. The summed E-state index contributed by atoms with van der Waals surface area (Å²) >= 11 is 0. The van der Waals surface area contributed by atoms with Crippen LogP contribution in [0.15, 0.2) is 37.2 Å². The van der Waals surface area contributed by atoms with Gasteiger partial charge in [0.25, 0.3) is 0 Å². The van der Waals surface area contributed by atoms with Crippen molar-refractivity contribution in [3.63, 3.8) is 0 Å². The molecule has 2 aromatic heterocycles. The van der Waals surface area contributed by atoms with Crippen LogP contribution in [0.1, 0.15) is 19.3 Å². The molecule has 1 aliphatic heterocycles. The molecule has 0 radical (unpaired) electrons. The second-order valence-corrected chi connectivity index (χ2v) is 9.06. The minimum absolute atomic E-state index is 0.0395. The molecular formula is C19H24N5O4P. The van der Waals surface area contributed by atoms with Crippen LogP contribution in [0.2, 0.25) is 0 Å². The SMILES string of the molecule is COc1ccc2c(N3CCC(CCP(=O)(O)O)CC3)ncnc2c1-n1ccnc1. The van der Waals surface area contributed by atoms with Crippen LogP contribution in [0.5, 0.6) is 5.75 Å². The summed E-state index contributed by atoms with van der Waals surface area (Å²) < 4.78 is 18.6. The van der Waals surface area contributed by atoms with Crippen molar-refractivity contribution in [3.8, 4) is 11.4 Å². The normalized spacial score (nSPS) is 15.8. The number of methoxy groups -OCH3 is 1. The van der Waals surface area contributed by atoms with E-state index in [1.165, 1.54) is 0 Å². The van der Waals surface area contributed by atoms with Gasteiger partial charge < -0.3 is 24.0 Å². The van der Waals surface area contributed by atoms with Gasteiger partial charge in [0.2, 0.25) is 0 Å². The van der Waals surface area contributed by atoms with E-state index in [2.05, 4.69) is 19.9 Å². The lowest BCUT2D eigenvalue weighted by atomic mass is 9.94. The van der Waals surface area contributed by atoms with Crippen molar-refractivity contribution in [3.05, 3.63) is 37.2 Å². The van der Waals surface area contributed by atoms with Crippen molar-refractivity contribution >= 4 is 24.3 Å². The summed E-state index contributed by atoms with van der Waals surface area (Å²) in [6.07, 6.45) is 9.14. The summed E-state index contributed by atoms with van der Waals surface area (Å²) in [5, 5.41) is 0.936. The highest BCUT2D eigenvalue weighted by molar-refractivity contribution is 7.51. The maximum absolute atomic E-state index is 11.1. The molecule has 1 fully saturated rings. The highest BCUT2D eigenvalue weighted by Crippen LogP contribution is 2.39. The van der Waals surface area contributed by atoms with Gasteiger partial charge in [-0.05, 0) is 37.3 Å². The van der Waals surface area contributed by atoms with E-state index < -0.39 is 7.60 Å². The third kappa shape index (κ3) is 4.27. The molecule has 2 N–H and O–H groups in total. The van der Waals surface area contributed by atoms with E-state index in [1.54, 1.807) is 26.0 Å². The number of nitrogens with zero attached hydrogens (tertiary/aromatic N) is 5. The number of piperidine rings is 1. The van der Waals surface area contributed by atoms with Crippen LogP contribution in [0, 0.1) is 5.92 Å². The Labute approximate surface area is 168 Å². The molecule has 0 atom stereocenters. The second-order valence-electron chi connectivity index (χ2n) is 7.29. The molecule has 0 amide bonds. The van der Waals surface area contributed by atoms with Crippen molar-refractivity contribution in [2.45, 2.75) is 19.3 Å². The molecule has 10 heteroatoms. The van der Waals surface area contributed by atoms with Crippen molar-refractivity contribution < 1.29 is 19.1 Å². The first-order chi connectivity index (χ1) is 14.0. The maximum atomic E-state index is 11.1. The Morgan fingerprint density at radius 3 is 2.69 bits per heavy atom. The van der Waals surface area contributed by atoms with Gasteiger partial charge in [0.15, 0.2) is 0 Å². The van der Waals surface area contributed by atoms with Gasteiger partial charge >= 0.3 is 7.60 Å². The van der Waals surface area contributed by atoms with Gasteiger partial charge in [0, 0.05) is 30.9 Å². The Morgan fingerprint density at radius 1 is 1.24 bits per heavy atom. The smallest absolute Gasteiger partial charge is 0.325 e. The van der Waals surface area contributed by atoms with Crippen LogP contribution < -0.4 is 9.64 Å². The van der Waals surface area contributed by atoms with Crippen molar-refractivity contribution in [1.29, 1.82) is 0 Å². The average Bonchev–Trinajstić information content (AvgIpc) is 3.25. The third-order valence-corrected chi connectivity index (χ3v) is 6.29. The highest BCUT2D eigenvalue weighted by atomic mass is 31.2. The molecule has 1 saturated heterocycles. The van der Waals surface area contributed by atoms with E-state index in [9.17, 15) is 4.57 Å². The topological polar surface area (TPSA) is 114 Å². The molecule has 0 unspecified atom stereocenters. The number of ether oxygens (including phenoxy) is 1. The quantitative estimate of drug-likeness (QED) is 0.589. The van der Waals surface area contributed by atoms with E-state index >= 15 is 0 Å². The van der Waals surface area contributed by atoms with Crippen molar-refractivity contribution in [1.82, 2.24) is 19.5 Å². The summed E-state index contributed by atoms with van der Waals surface area (Å²) in [7, 11) is -2.30. The average molecular weight is 417 g/mol. The maximum Gasteiger partial charge on any atom is 0.325 e. The lowest BCUT2D eigenvalue weighted by Crippen LogP contribution is -2.34. The van der Waals surface area contributed by atoms with Crippen LogP contribution >= 0.6 is 7.60 Å². The van der Waals surface area contributed by atoms with E-state index in [0.717, 1.165) is 48.3 Å². The molecular weight excluding hydrogens is 393 g/mol. The minimum atomic E-state index is -3.93. The van der Waals surface area contributed by atoms with Gasteiger partial charge in [-0.15, -0.1) is 0 Å². The Balaban J connectivity index is 1.61. The predicted molar refractivity (Wildman–Crippen MR) is 110 cm³/mol. The summed E-state index contributed by atoms with van der Waals surface area (Å²) in [5.41, 5.74) is 1.61. The number of benzene rings is 1. The number of fused-ring (bicyclic) bond motifs is 1. The largest absolute Gasteiger partial charge is 0.494 e. The molecule has 9 nitrogen and oxygen atoms in total. The monoisotopic (exact) mass is 417 g/mol. The Morgan fingerprint density at radius 2 is 2.03 bits per heavy atom. The molecule has 29 heavy (non-hydrogen) atoms. The first-order valence-corrected chi connectivity index (χ1v) is 11.4. The molecule has 1 aromatic carbocycles. The minimum Gasteiger partial charge on any atom is -0.494 e. The Bertz CT molecular complexity index is 1030. The van der Waals surface area contributed by atoms with Crippen molar-refractivity contribution in [2.24, 2.45) is 5.92 Å². The van der Waals surface area contributed by atoms with Gasteiger partial charge in [0.1, 0.15) is 29.1 Å². The van der Waals surface area contributed by atoms with Crippen LogP contribution in [0.4, 0.5) is 5.82 Å². The van der Waals surface area contributed by atoms with Crippen LogP contribution in [0.3, 0.4) is 0 Å². The first-order valence-electron chi connectivity index (χ1n) is 9.56. The predicted octanol–water partition coefficient (Wildman–Crippen LogP) is 2.61. The summed E-state index contributed by atoms with van der Waals surface area (Å²) in [6.45, 7) is 1.59. The summed E-state index contributed by atoms with van der Waals surface area (Å²) in [4.78, 5) is 33.6. The van der Waals surface area contributed by atoms with Crippen LogP contribution in [-0.2, 0) is 4.57 Å². The number of aromatic nitrogens is 4.